The summed E-state index contributed by atoms with van der Waals surface area (Å²) in [5.41, 5.74) is 0.678. The van der Waals surface area contributed by atoms with Gasteiger partial charge in [0.25, 0.3) is 5.91 Å². The van der Waals surface area contributed by atoms with Crippen LogP contribution in [0, 0.1) is 0 Å². The van der Waals surface area contributed by atoms with Gasteiger partial charge < -0.3 is 14.8 Å². The molecule has 1 N–H and O–H groups in total. The third-order valence-corrected chi connectivity index (χ3v) is 2.36. The second kappa shape index (κ2) is 4.43. The standard InChI is InChI=1S/C12H15NO3/c1-3-7-15-10-6-4-5-9-11(10)16-8(2)12(14)13-9/h4-6,8H,3,7H2,1-2H3,(H,13,14). The van der Waals surface area contributed by atoms with Crippen LogP contribution >= 0.6 is 0 Å². The molecule has 1 atom stereocenters. The second-order valence-electron chi connectivity index (χ2n) is 3.73. The maximum atomic E-state index is 11.4. The van der Waals surface area contributed by atoms with Crippen LogP contribution in [0.5, 0.6) is 11.5 Å². The first-order chi connectivity index (χ1) is 7.72. The summed E-state index contributed by atoms with van der Waals surface area (Å²) in [6.07, 6.45) is 0.463. The molecule has 1 aromatic rings. The molecule has 1 amide bonds. The van der Waals surface area contributed by atoms with Gasteiger partial charge in [-0.05, 0) is 25.5 Å². The van der Waals surface area contributed by atoms with Crippen LogP contribution in [0.4, 0.5) is 5.69 Å². The van der Waals surface area contributed by atoms with Crippen molar-refractivity contribution in [2.45, 2.75) is 26.4 Å². The van der Waals surface area contributed by atoms with E-state index < -0.39 is 6.10 Å². The van der Waals surface area contributed by atoms with Crippen LogP contribution in [0.15, 0.2) is 18.2 Å². The van der Waals surface area contributed by atoms with Gasteiger partial charge in [0.2, 0.25) is 0 Å². The molecule has 0 radical (unpaired) electrons. The van der Waals surface area contributed by atoms with Crippen LogP contribution in [0.25, 0.3) is 0 Å². The summed E-state index contributed by atoms with van der Waals surface area (Å²) in [7, 11) is 0. The van der Waals surface area contributed by atoms with Gasteiger partial charge in [0.1, 0.15) is 0 Å². The fourth-order valence-electron chi connectivity index (χ4n) is 1.53. The first kappa shape index (κ1) is 10.8. The molecule has 0 fully saturated rings. The number of anilines is 1. The van der Waals surface area contributed by atoms with Crippen LogP contribution in [0.3, 0.4) is 0 Å². The summed E-state index contributed by atoms with van der Waals surface area (Å²) >= 11 is 0. The van der Waals surface area contributed by atoms with Crippen molar-refractivity contribution in [2.24, 2.45) is 0 Å². The van der Waals surface area contributed by atoms with Gasteiger partial charge in [0.05, 0.1) is 12.3 Å². The molecule has 0 bridgehead atoms. The Morgan fingerprint density at radius 1 is 1.50 bits per heavy atom. The van der Waals surface area contributed by atoms with Crippen molar-refractivity contribution in [2.75, 3.05) is 11.9 Å². The maximum Gasteiger partial charge on any atom is 0.265 e. The minimum atomic E-state index is -0.473. The highest BCUT2D eigenvalue weighted by molar-refractivity contribution is 5.98. The Kier molecular flexibility index (Phi) is 2.99. The lowest BCUT2D eigenvalue weighted by molar-refractivity contribution is -0.122. The fraction of sp³-hybridized carbons (Fsp3) is 0.417. The van der Waals surface area contributed by atoms with Crippen molar-refractivity contribution in [3.63, 3.8) is 0 Å². The zero-order chi connectivity index (χ0) is 11.5. The summed E-state index contributed by atoms with van der Waals surface area (Å²) < 4.78 is 11.1. The SMILES string of the molecule is CCCOc1cccc2c1OC(C)C(=O)N2. The van der Waals surface area contributed by atoms with Gasteiger partial charge in [-0.1, -0.05) is 13.0 Å². The molecule has 16 heavy (non-hydrogen) atoms. The average Bonchev–Trinajstić information content (AvgIpc) is 2.28. The van der Waals surface area contributed by atoms with Crippen LogP contribution in [-0.2, 0) is 4.79 Å². The lowest BCUT2D eigenvalue weighted by Crippen LogP contribution is -2.34. The van der Waals surface area contributed by atoms with E-state index in [4.69, 9.17) is 9.47 Å². The molecule has 0 saturated heterocycles. The zero-order valence-corrected chi connectivity index (χ0v) is 9.45. The number of hydrogen-bond acceptors (Lipinski definition) is 3. The number of rotatable bonds is 3. The smallest absolute Gasteiger partial charge is 0.265 e. The van der Waals surface area contributed by atoms with Gasteiger partial charge in [-0.3, -0.25) is 4.79 Å². The average molecular weight is 221 g/mol. The van der Waals surface area contributed by atoms with Crippen LogP contribution < -0.4 is 14.8 Å². The molecule has 2 rings (SSSR count). The van der Waals surface area contributed by atoms with Gasteiger partial charge >= 0.3 is 0 Å². The van der Waals surface area contributed by atoms with Gasteiger partial charge in [0, 0.05) is 0 Å². The second-order valence-corrected chi connectivity index (χ2v) is 3.73. The van der Waals surface area contributed by atoms with Gasteiger partial charge in [-0.25, -0.2) is 0 Å². The summed E-state index contributed by atoms with van der Waals surface area (Å²) in [6.45, 7) is 4.40. The Labute approximate surface area is 94.6 Å². The van der Waals surface area contributed by atoms with Crippen LogP contribution in [0.1, 0.15) is 20.3 Å². The number of para-hydroxylation sites is 1. The number of amides is 1. The van der Waals surface area contributed by atoms with E-state index in [1.54, 1.807) is 13.0 Å². The molecule has 1 heterocycles. The number of fused-ring (bicyclic) bond motifs is 1. The lowest BCUT2D eigenvalue weighted by Gasteiger charge is -2.25. The fourth-order valence-corrected chi connectivity index (χ4v) is 1.53. The minimum absolute atomic E-state index is 0.125. The first-order valence-corrected chi connectivity index (χ1v) is 5.45. The topological polar surface area (TPSA) is 47.6 Å². The van der Waals surface area contributed by atoms with Gasteiger partial charge in [-0.15, -0.1) is 0 Å². The Bertz CT molecular complexity index is 403. The van der Waals surface area contributed by atoms with E-state index in [0.717, 1.165) is 6.42 Å². The van der Waals surface area contributed by atoms with E-state index in [0.29, 0.717) is 23.8 Å². The molecule has 1 aliphatic heterocycles. The largest absolute Gasteiger partial charge is 0.490 e. The van der Waals surface area contributed by atoms with Crippen molar-refractivity contribution in [1.29, 1.82) is 0 Å². The molecular formula is C12H15NO3. The van der Waals surface area contributed by atoms with Crippen molar-refractivity contribution >= 4 is 11.6 Å². The number of hydrogen-bond donors (Lipinski definition) is 1. The van der Waals surface area contributed by atoms with E-state index in [2.05, 4.69) is 5.32 Å². The third-order valence-electron chi connectivity index (χ3n) is 2.36. The highest BCUT2D eigenvalue weighted by Gasteiger charge is 2.25. The minimum Gasteiger partial charge on any atom is -0.490 e. The van der Waals surface area contributed by atoms with Crippen LogP contribution in [-0.4, -0.2) is 18.6 Å². The van der Waals surface area contributed by atoms with Crippen molar-refractivity contribution < 1.29 is 14.3 Å². The number of carbonyl (C=O) groups excluding carboxylic acids is 1. The normalized spacial score (nSPS) is 18.4. The first-order valence-electron chi connectivity index (χ1n) is 5.45. The highest BCUT2D eigenvalue weighted by atomic mass is 16.5. The molecule has 4 heteroatoms. The molecule has 0 aliphatic carbocycles. The zero-order valence-electron chi connectivity index (χ0n) is 9.45. The molecule has 0 spiro atoms. The molecule has 86 valence electrons. The molecule has 0 aromatic heterocycles. The van der Waals surface area contributed by atoms with Gasteiger partial charge in [0.15, 0.2) is 17.6 Å². The molecule has 1 aliphatic rings. The van der Waals surface area contributed by atoms with E-state index in [9.17, 15) is 4.79 Å². The predicted octanol–water partition coefficient (Wildman–Crippen LogP) is 2.19. The maximum absolute atomic E-state index is 11.4. The van der Waals surface area contributed by atoms with Gasteiger partial charge in [-0.2, -0.15) is 0 Å². The predicted molar refractivity (Wildman–Crippen MR) is 60.9 cm³/mol. The van der Waals surface area contributed by atoms with E-state index in [1.165, 1.54) is 0 Å². The van der Waals surface area contributed by atoms with E-state index in [-0.39, 0.29) is 5.91 Å². The Hall–Kier alpha value is -1.71. The molecule has 4 nitrogen and oxygen atoms in total. The Morgan fingerprint density at radius 3 is 3.06 bits per heavy atom. The molecule has 1 unspecified atom stereocenters. The lowest BCUT2D eigenvalue weighted by atomic mass is 10.2. The molecule has 1 aromatic carbocycles. The molecular weight excluding hydrogens is 206 g/mol. The quantitative estimate of drug-likeness (QED) is 0.851. The highest BCUT2D eigenvalue weighted by Crippen LogP contribution is 2.38. The van der Waals surface area contributed by atoms with Crippen molar-refractivity contribution in [3.8, 4) is 11.5 Å². The number of ether oxygens (including phenoxy) is 2. The van der Waals surface area contributed by atoms with Crippen LogP contribution in [0.2, 0.25) is 0 Å². The Balaban J connectivity index is 2.28. The summed E-state index contributed by atoms with van der Waals surface area (Å²) in [4.78, 5) is 11.4. The summed E-state index contributed by atoms with van der Waals surface area (Å²) in [5.74, 6) is 1.19. The number of carbonyl (C=O) groups is 1. The monoisotopic (exact) mass is 221 g/mol. The van der Waals surface area contributed by atoms with E-state index in [1.807, 2.05) is 19.1 Å². The Morgan fingerprint density at radius 2 is 2.31 bits per heavy atom. The van der Waals surface area contributed by atoms with Crippen molar-refractivity contribution in [3.05, 3.63) is 18.2 Å². The summed E-state index contributed by atoms with van der Waals surface area (Å²) in [5, 5.41) is 2.78. The molecule has 0 saturated carbocycles. The number of nitrogens with one attached hydrogen (secondary N) is 1. The van der Waals surface area contributed by atoms with E-state index >= 15 is 0 Å². The number of benzene rings is 1. The third kappa shape index (κ3) is 1.96. The van der Waals surface area contributed by atoms with Crippen molar-refractivity contribution in [1.82, 2.24) is 0 Å². The summed E-state index contributed by atoms with van der Waals surface area (Å²) in [6, 6.07) is 5.49.